The molecule has 0 aliphatic heterocycles. The predicted octanol–water partition coefficient (Wildman–Crippen LogP) is 3.36. The summed E-state index contributed by atoms with van der Waals surface area (Å²) in [6.07, 6.45) is 0. The van der Waals surface area contributed by atoms with E-state index in [0.29, 0.717) is 22.5 Å². The van der Waals surface area contributed by atoms with Crippen molar-refractivity contribution in [2.75, 3.05) is 5.73 Å². The van der Waals surface area contributed by atoms with Crippen molar-refractivity contribution in [1.82, 2.24) is 4.98 Å². The molecule has 0 saturated carbocycles. The summed E-state index contributed by atoms with van der Waals surface area (Å²) in [4.78, 5) is 16.9. The van der Waals surface area contributed by atoms with Crippen LogP contribution in [0.15, 0.2) is 54.6 Å². The second kappa shape index (κ2) is 4.78. The molecule has 20 heavy (non-hydrogen) atoms. The molecule has 3 aromatic rings. The Morgan fingerprint density at radius 3 is 2.55 bits per heavy atom. The van der Waals surface area contributed by atoms with Gasteiger partial charge < -0.3 is 5.73 Å². The van der Waals surface area contributed by atoms with E-state index >= 15 is 0 Å². The Hall–Kier alpha value is -2.68. The molecule has 3 rings (SSSR count). The average Bonchev–Trinajstić information content (AvgIpc) is 2.48. The van der Waals surface area contributed by atoms with E-state index in [1.54, 1.807) is 18.2 Å². The number of benzene rings is 2. The SMILES string of the molecule is Cc1cc(C(=O)c2ccccc2)nc2c(N)cccc12. The highest BCUT2D eigenvalue weighted by atomic mass is 16.1. The van der Waals surface area contributed by atoms with E-state index in [1.807, 2.05) is 43.3 Å². The fraction of sp³-hybridized carbons (Fsp3) is 0.0588. The number of fused-ring (bicyclic) bond motifs is 1. The standard InChI is InChI=1S/C17H14N2O/c1-11-10-15(17(20)12-6-3-2-4-7-12)19-16-13(11)8-5-9-14(16)18/h2-10H,18H2,1H3. The topological polar surface area (TPSA) is 56.0 Å². The van der Waals surface area contributed by atoms with Crippen LogP contribution in [0.5, 0.6) is 0 Å². The molecular formula is C17H14N2O. The van der Waals surface area contributed by atoms with Gasteiger partial charge in [0.15, 0.2) is 0 Å². The number of anilines is 1. The Bertz CT molecular complexity index is 795. The molecule has 0 saturated heterocycles. The summed E-state index contributed by atoms with van der Waals surface area (Å²) in [6.45, 7) is 1.96. The molecule has 0 radical (unpaired) electrons. The molecule has 0 amide bonds. The highest BCUT2D eigenvalue weighted by Gasteiger charge is 2.13. The molecule has 1 heterocycles. The van der Waals surface area contributed by atoms with Gasteiger partial charge in [-0.3, -0.25) is 4.79 Å². The van der Waals surface area contributed by atoms with Crippen LogP contribution in [0.4, 0.5) is 5.69 Å². The maximum atomic E-state index is 12.5. The fourth-order valence-corrected chi connectivity index (χ4v) is 2.29. The first-order valence-corrected chi connectivity index (χ1v) is 6.42. The van der Waals surface area contributed by atoms with Crippen LogP contribution >= 0.6 is 0 Å². The number of carbonyl (C=O) groups excluding carboxylic acids is 1. The normalized spacial score (nSPS) is 10.7. The van der Waals surface area contributed by atoms with E-state index in [9.17, 15) is 4.79 Å². The highest BCUT2D eigenvalue weighted by Crippen LogP contribution is 2.23. The average molecular weight is 262 g/mol. The van der Waals surface area contributed by atoms with Crippen molar-refractivity contribution in [3.8, 4) is 0 Å². The van der Waals surface area contributed by atoms with Crippen molar-refractivity contribution in [1.29, 1.82) is 0 Å². The molecule has 1 aromatic heterocycles. The van der Waals surface area contributed by atoms with Crippen LogP contribution in [0.1, 0.15) is 21.6 Å². The summed E-state index contributed by atoms with van der Waals surface area (Å²) in [5.74, 6) is -0.0844. The molecule has 2 N–H and O–H groups in total. The van der Waals surface area contributed by atoms with Crippen LogP contribution < -0.4 is 5.73 Å². The summed E-state index contributed by atoms with van der Waals surface area (Å²) in [5.41, 5.74) is 9.30. The second-order valence-corrected chi connectivity index (χ2v) is 4.76. The maximum absolute atomic E-state index is 12.5. The lowest BCUT2D eigenvalue weighted by atomic mass is 10.0. The zero-order valence-corrected chi connectivity index (χ0v) is 11.1. The number of nitrogens with zero attached hydrogens (tertiary/aromatic N) is 1. The van der Waals surface area contributed by atoms with Crippen LogP contribution in [-0.2, 0) is 0 Å². The van der Waals surface area contributed by atoms with Gasteiger partial charge >= 0.3 is 0 Å². The van der Waals surface area contributed by atoms with Crippen molar-refractivity contribution < 1.29 is 4.79 Å². The molecule has 0 aliphatic rings. The first-order valence-electron chi connectivity index (χ1n) is 6.42. The predicted molar refractivity (Wildman–Crippen MR) is 80.8 cm³/mol. The van der Waals surface area contributed by atoms with Gasteiger partial charge in [0.2, 0.25) is 5.78 Å². The number of aromatic nitrogens is 1. The zero-order chi connectivity index (χ0) is 14.1. The Kier molecular flexibility index (Phi) is 2.95. The molecule has 0 unspecified atom stereocenters. The first kappa shape index (κ1) is 12.4. The van der Waals surface area contributed by atoms with Crippen molar-refractivity contribution in [2.24, 2.45) is 0 Å². The van der Waals surface area contributed by atoms with Crippen LogP contribution in [0.3, 0.4) is 0 Å². The number of carbonyl (C=O) groups is 1. The van der Waals surface area contributed by atoms with Gasteiger partial charge in [-0.15, -0.1) is 0 Å². The lowest BCUT2D eigenvalue weighted by Crippen LogP contribution is -2.05. The Labute approximate surface area is 117 Å². The quantitative estimate of drug-likeness (QED) is 0.569. The number of nitrogens with two attached hydrogens (primary N) is 1. The monoisotopic (exact) mass is 262 g/mol. The summed E-state index contributed by atoms with van der Waals surface area (Å²) < 4.78 is 0. The van der Waals surface area contributed by atoms with E-state index < -0.39 is 0 Å². The van der Waals surface area contributed by atoms with Crippen LogP contribution in [0, 0.1) is 6.92 Å². The van der Waals surface area contributed by atoms with E-state index in [2.05, 4.69) is 4.98 Å². The molecular weight excluding hydrogens is 248 g/mol. The van der Waals surface area contributed by atoms with Gasteiger partial charge in [-0.2, -0.15) is 0 Å². The van der Waals surface area contributed by atoms with Crippen LogP contribution in [-0.4, -0.2) is 10.8 Å². The number of pyridine rings is 1. The lowest BCUT2D eigenvalue weighted by molar-refractivity contribution is 0.103. The Morgan fingerprint density at radius 2 is 1.80 bits per heavy atom. The van der Waals surface area contributed by atoms with Gasteiger partial charge in [-0.1, -0.05) is 42.5 Å². The highest BCUT2D eigenvalue weighted by molar-refractivity contribution is 6.09. The second-order valence-electron chi connectivity index (χ2n) is 4.76. The third kappa shape index (κ3) is 2.03. The molecule has 0 atom stereocenters. The van der Waals surface area contributed by atoms with E-state index in [0.717, 1.165) is 10.9 Å². The number of ketones is 1. The molecule has 0 aliphatic carbocycles. The zero-order valence-electron chi connectivity index (χ0n) is 11.1. The summed E-state index contributed by atoms with van der Waals surface area (Å²) in [5, 5.41) is 0.981. The molecule has 0 bridgehead atoms. The molecule has 0 spiro atoms. The largest absolute Gasteiger partial charge is 0.397 e. The van der Waals surface area contributed by atoms with Crippen molar-refractivity contribution in [2.45, 2.75) is 6.92 Å². The number of hydrogen-bond donors (Lipinski definition) is 1. The minimum Gasteiger partial charge on any atom is -0.397 e. The van der Waals surface area contributed by atoms with Gasteiger partial charge in [0, 0.05) is 10.9 Å². The van der Waals surface area contributed by atoms with E-state index in [1.165, 1.54) is 0 Å². The number of aryl methyl sites for hydroxylation is 1. The maximum Gasteiger partial charge on any atom is 0.211 e. The number of para-hydroxylation sites is 1. The molecule has 3 nitrogen and oxygen atoms in total. The summed E-state index contributed by atoms with van der Waals surface area (Å²) >= 11 is 0. The minimum absolute atomic E-state index is 0.0844. The Balaban J connectivity index is 2.18. The van der Waals surface area contributed by atoms with Crippen molar-refractivity contribution in [3.63, 3.8) is 0 Å². The molecule has 2 aromatic carbocycles. The summed E-state index contributed by atoms with van der Waals surface area (Å²) in [6, 6.07) is 16.6. The van der Waals surface area contributed by atoms with E-state index in [4.69, 9.17) is 5.73 Å². The van der Waals surface area contributed by atoms with Gasteiger partial charge in [0.05, 0.1) is 11.2 Å². The fourth-order valence-electron chi connectivity index (χ4n) is 2.29. The van der Waals surface area contributed by atoms with Crippen LogP contribution in [0.2, 0.25) is 0 Å². The Morgan fingerprint density at radius 1 is 1.05 bits per heavy atom. The van der Waals surface area contributed by atoms with Crippen molar-refractivity contribution in [3.05, 3.63) is 71.4 Å². The van der Waals surface area contributed by atoms with Crippen LogP contribution in [0.25, 0.3) is 10.9 Å². The van der Waals surface area contributed by atoms with E-state index in [-0.39, 0.29) is 5.78 Å². The van der Waals surface area contributed by atoms with Gasteiger partial charge in [0.1, 0.15) is 5.69 Å². The first-order chi connectivity index (χ1) is 9.66. The minimum atomic E-state index is -0.0844. The third-order valence-electron chi connectivity index (χ3n) is 3.35. The van der Waals surface area contributed by atoms with Gasteiger partial charge in [-0.05, 0) is 24.6 Å². The third-order valence-corrected chi connectivity index (χ3v) is 3.35. The molecule has 3 heteroatoms. The lowest BCUT2D eigenvalue weighted by Gasteiger charge is -2.07. The smallest absolute Gasteiger partial charge is 0.211 e. The molecule has 98 valence electrons. The number of hydrogen-bond acceptors (Lipinski definition) is 3. The summed E-state index contributed by atoms with van der Waals surface area (Å²) in [7, 11) is 0. The number of nitrogen functional groups attached to an aromatic ring is 1. The number of rotatable bonds is 2. The van der Waals surface area contributed by atoms with Gasteiger partial charge in [-0.25, -0.2) is 4.98 Å². The van der Waals surface area contributed by atoms with Gasteiger partial charge in [0.25, 0.3) is 0 Å². The van der Waals surface area contributed by atoms with Crippen molar-refractivity contribution >= 4 is 22.4 Å². The molecule has 0 fully saturated rings.